The van der Waals surface area contributed by atoms with Gasteiger partial charge in [-0.15, -0.1) is 0 Å². The van der Waals surface area contributed by atoms with Crippen molar-refractivity contribution in [2.75, 3.05) is 50.7 Å². The molecule has 0 atom stereocenters. The Morgan fingerprint density at radius 1 is 0.943 bits per heavy atom. The Labute approximate surface area is 209 Å². The average Bonchev–Trinajstić information content (AvgIpc) is 2.81. The lowest BCUT2D eigenvalue weighted by atomic mass is 9.70. The second-order valence-corrected chi connectivity index (χ2v) is 12.3. The van der Waals surface area contributed by atoms with Crippen LogP contribution in [0.4, 0.5) is 16.2 Å². The van der Waals surface area contributed by atoms with Crippen molar-refractivity contribution in [2.24, 2.45) is 10.8 Å². The van der Waals surface area contributed by atoms with E-state index >= 15 is 0 Å². The fourth-order valence-corrected chi connectivity index (χ4v) is 5.96. The van der Waals surface area contributed by atoms with Crippen molar-refractivity contribution >= 4 is 17.5 Å². The Balaban J connectivity index is 1.21. The molecule has 8 heteroatoms. The maximum absolute atomic E-state index is 12.4. The highest BCUT2D eigenvalue weighted by Crippen LogP contribution is 2.43. The number of anilines is 1. The smallest absolute Gasteiger partial charge is 0.410 e. The number of ether oxygens (including phenoxy) is 1. The number of amides is 1. The fraction of sp³-hybridized carbons (Fsp3) is 0.741. The molecule has 3 fully saturated rings. The summed E-state index contributed by atoms with van der Waals surface area (Å²) in [4.78, 5) is 29.9. The summed E-state index contributed by atoms with van der Waals surface area (Å²) in [6, 6.07) is 6.95. The van der Waals surface area contributed by atoms with Crippen LogP contribution in [0.3, 0.4) is 0 Å². The summed E-state index contributed by atoms with van der Waals surface area (Å²) in [7, 11) is 0. The van der Waals surface area contributed by atoms with Crippen LogP contribution in [0.25, 0.3) is 0 Å². The fourth-order valence-electron chi connectivity index (χ4n) is 5.96. The normalized spacial score (nSPS) is 22.7. The van der Waals surface area contributed by atoms with Gasteiger partial charge in [0.2, 0.25) is 0 Å². The molecule has 3 aliphatic rings. The first-order valence-corrected chi connectivity index (χ1v) is 13.2. The maximum atomic E-state index is 12.4. The SMILES string of the molecule is CC1(CN2CCC3(CC2)CCN(C(=O)OC(C)(C)C)CC3)CCN(c2ccc([N+](=O)[O-])cc2)CC1. The van der Waals surface area contributed by atoms with Crippen LogP contribution >= 0.6 is 0 Å². The number of nitro groups is 1. The third-order valence-electron chi connectivity index (χ3n) is 8.39. The topological polar surface area (TPSA) is 79.2 Å². The van der Waals surface area contributed by atoms with Crippen LogP contribution in [0.2, 0.25) is 0 Å². The molecule has 4 rings (SSSR count). The quantitative estimate of drug-likeness (QED) is 0.424. The minimum absolute atomic E-state index is 0.147. The number of likely N-dealkylation sites (tertiary alicyclic amines) is 2. The number of rotatable bonds is 4. The van der Waals surface area contributed by atoms with Crippen LogP contribution in [0, 0.1) is 20.9 Å². The maximum Gasteiger partial charge on any atom is 0.410 e. The Morgan fingerprint density at radius 3 is 2.00 bits per heavy atom. The zero-order valence-electron chi connectivity index (χ0n) is 21.9. The first-order valence-electron chi connectivity index (χ1n) is 13.2. The van der Waals surface area contributed by atoms with Gasteiger partial charge in [0.25, 0.3) is 5.69 Å². The van der Waals surface area contributed by atoms with Crippen molar-refractivity contribution in [3.8, 4) is 0 Å². The lowest BCUT2D eigenvalue weighted by Crippen LogP contribution is -2.51. The Hall–Kier alpha value is -2.35. The predicted octanol–water partition coefficient (Wildman–Crippen LogP) is 5.31. The molecule has 1 spiro atoms. The Bertz CT molecular complexity index is 885. The minimum Gasteiger partial charge on any atom is -0.444 e. The summed E-state index contributed by atoms with van der Waals surface area (Å²) in [5.74, 6) is 0. The Morgan fingerprint density at radius 2 is 1.49 bits per heavy atom. The van der Waals surface area contributed by atoms with E-state index in [9.17, 15) is 14.9 Å². The highest BCUT2D eigenvalue weighted by atomic mass is 16.6. The van der Waals surface area contributed by atoms with Gasteiger partial charge >= 0.3 is 6.09 Å². The summed E-state index contributed by atoms with van der Waals surface area (Å²) in [5.41, 5.74) is 1.48. The van der Waals surface area contributed by atoms with Gasteiger partial charge < -0.3 is 19.4 Å². The first-order chi connectivity index (χ1) is 16.5. The van der Waals surface area contributed by atoms with E-state index in [-0.39, 0.29) is 16.7 Å². The van der Waals surface area contributed by atoms with Gasteiger partial charge in [0, 0.05) is 50.5 Å². The van der Waals surface area contributed by atoms with E-state index in [1.807, 2.05) is 37.8 Å². The van der Waals surface area contributed by atoms with Gasteiger partial charge in [0.1, 0.15) is 5.60 Å². The third kappa shape index (κ3) is 6.46. The van der Waals surface area contributed by atoms with Crippen molar-refractivity contribution in [1.29, 1.82) is 0 Å². The molecule has 1 aromatic carbocycles. The zero-order chi connectivity index (χ0) is 25.3. The number of carbonyl (C=O) groups is 1. The van der Waals surface area contributed by atoms with E-state index in [1.165, 1.54) is 12.8 Å². The van der Waals surface area contributed by atoms with Gasteiger partial charge in [-0.25, -0.2) is 4.79 Å². The number of hydrogen-bond donors (Lipinski definition) is 0. The molecule has 8 nitrogen and oxygen atoms in total. The van der Waals surface area contributed by atoms with Crippen LogP contribution < -0.4 is 4.90 Å². The number of carbonyl (C=O) groups excluding carboxylic acids is 1. The van der Waals surface area contributed by atoms with E-state index in [1.54, 1.807) is 12.1 Å². The summed E-state index contributed by atoms with van der Waals surface area (Å²) >= 11 is 0. The second-order valence-electron chi connectivity index (χ2n) is 12.3. The van der Waals surface area contributed by atoms with Crippen molar-refractivity contribution in [1.82, 2.24) is 9.80 Å². The molecule has 0 N–H and O–H groups in total. The van der Waals surface area contributed by atoms with E-state index < -0.39 is 5.60 Å². The largest absolute Gasteiger partial charge is 0.444 e. The van der Waals surface area contributed by atoms with Crippen LogP contribution in [-0.4, -0.2) is 72.2 Å². The first kappa shape index (κ1) is 25.7. The summed E-state index contributed by atoms with van der Waals surface area (Å²) in [5, 5.41) is 10.9. The molecule has 0 unspecified atom stereocenters. The number of piperidine rings is 3. The van der Waals surface area contributed by atoms with Gasteiger partial charge in [0.15, 0.2) is 0 Å². The molecule has 0 aromatic heterocycles. The molecule has 3 heterocycles. The molecule has 0 radical (unpaired) electrons. The van der Waals surface area contributed by atoms with Crippen molar-refractivity contribution in [2.45, 2.75) is 71.8 Å². The lowest BCUT2D eigenvalue weighted by Gasteiger charge is -2.49. The molecule has 0 bridgehead atoms. The minimum atomic E-state index is -0.439. The van der Waals surface area contributed by atoms with E-state index in [0.29, 0.717) is 10.8 Å². The number of benzene rings is 1. The van der Waals surface area contributed by atoms with Gasteiger partial charge in [-0.1, -0.05) is 6.92 Å². The third-order valence-corrected chi connectivity index (χ3v) is 8.39. The molecular weight excluding hydrogens is 444 g/mol. The monoisotopic (exact) mass is 486 g/mol. The van der Waals surface area contributed by atoms with Crippen LogP contribution in [0.5, 0.6) is 0 Å². The average molecular weight is 487 g/mol. The second kappa shape index (κ2) is 9.96. The van der Waals surface area contributed by atoms with Crippen molar-refractivity contribution in [3.05, 3.63) is 34.4 Å². The van der Waals surface area contributed by atoms with Gasteiger partial charge in [-0.05, 0) is 95.3 Å². The summed E-state index contributed by atoms with van der Waals surface area (Å²) in [6.45, 7) is 15.2. The predicted molar refractivity (Wildman–Crippen MR) is 138 cm³/mol. The van der Waals surface area contributed by atoms with Crippen LogP contribution in [0.1, 0.15) is 66.2 Å². The standard InChI is InChI=1S/C27H42N4O4/c1-25(2,3)35-24(32)30-19-13-27(14-20-30)11-15-28(16-12-27)21-26(4)9-17-29(18-10-26)22-5-7-23(8-6-22)31(33)34/h5-8H,9-21H2,1-4H3. The summed E-state index contributed by atoms with van der Waals surface area (Å²) < 4.78 is 5.56. The summed E-state index contributed by atoms with van der Waals surface area (Å²) in [6.07, 6.45) is 6.72. The van der Waals surface area contributed by atoms with Gasteiger partial charge in [0.05, 0.1) is 4.92 Å². The van der Waals surface area contributed by atoms with Crippen molar-refractivity contribution < 1.29 is 14.5 Å². The molecule has 1 aromatic rings. The highest BCUT2D eigenvalue weighted by Gasteiger charge is 2.41. The zero-order valence-corrected chi connectivity index (χ0v) is 21.9. The van der Waals surface area contributed by atoms with Gasteiger partial charge in [-0.2, -0.15) is 0 Å². The van der Waals surface area contributed by atoms with E-state index in [0.717, 1.165) is 77.2 Å². The molecular formula is C27H42N4O4. The molecule has 3 saturated heterocycles. The number of nitrogens with zero attached hydrogens (tertiary/aromatic N) is 4. The Kier molecular flexibility index (Phi) is 7.32. The van der Waals surface area contributed by atoms with Gasteiger partial charge in [-0.3, -0.25) is 10.1 Å². The molecule has 194 valence electrons. The van der Waals surface area contributed by atoms with Crippen molar-refractivity contribution in [3.63, 3.8) is 0 Å². The van der Waals surface area contributed by atoms with Crippen LogP contribution in [0.15, 0.2) is 24.3 Å². The molecule has 3 aliphatic heterocycles. The van der Waals surface area contributed by atoms with E-state index in [4.69, 9.17) is 4.74 Å². The lowest BCUT2D eigenvalue weighted by molar-refractivity contribution is -0.384. The molecule has 35 heavy (non-hydrogen) atoms. The molecule has 0 aliphatic carbocycles. The molecule has 0 saturated carbocycles. The number of hydrogen-bond acceptors (Lipinski definition) is 6. The van der Waals surface area contributed by atoms with E-state index in [2.05, 4.69) is 16.7 Å². The number of non-ortho nitro benzene ring substituents is 1. The number of nitro benzene ring substituents is 1. The molecule has 1 amide bonds. The highest BCUT2D eigenvalue weighted by molar-refractivity contribution is 5.68. The van der Waals surface area contributed by atoms with Crippen LogP contribution in [-0.2, 0) is 4.74 Å².